The largest absolute Gasteiger partial charge is 0.369 e. The Hall–Kier alpha value is -3.53. The van der Waals surface area contributed by atoms with Crippen molar-refractivity contribution in [3.8, 4) is 0 Å². The van der Waals surface area contributed by atoms with Crippen LogP contribution in [0.5, 0.6) is 0 Å². The number of anilines is 2. The maximum absolute atomic E-state index is 15.0. The van der Waals surface area contributed by atoms with Crippen LogP contribution >= 0.6 is 0 Å². The Labute approximate surface area is 176 Å². The fraction of sp³-hybridized carbons (Fsp3) is 0.333. The number of H-pyrrole nitrogens is 1. The van der Waals surface area contributed by atoms with Crippen LogP contribution in [-0.4, -0.2) is 58.2 Å². The van der Waals surface area contributed by atoms with E-state index in [1.165, 1.54) is 0 Å². The van der Waals surface area contributed by atoms with Crippen molar-refractivity contribution >= 4 is 33.6 Å². The van der Waals surface area contributed by atoms with E-state index in [0.29, 0.717) is 40.2 Å². The summed E-state index contributed by atoms with van der Waals surface area (Å²) in [5.41, 5.74) is 3.46. The van der Waals surface area contributed by atoms with Gasteiger partial charge >= 0.3 is 0 Å². The number of hydrogen-bond donors (Lipinski definition) is 2. The summed E-state index contributed by atoms with van der Waals surface area (Å²) in [4.78, 5) is 27.5. The highest BCUT2D eigenvalue weighted by atomic mass is 19.1. The van der Waals surface area contributed by atoms with Crippen LogP contribution in [0, 0.1) is 12.7 Å². The van der Waals surface area contributed by atoms with Crippen LogP contribution in [0.25, 0.3) is 22.1 Å². The maximum atomic E-state index is 15.0. The third kappa shape index (κ3) is 3.48. The molecule has 0 aliphatic carbocycles. The lowest BCUT2D eigenvalue weighted by molar-refractivity contribution is 0.247. The molecule has 4 aromatic rings. The zero-order valence-electron chi connectivity index (χ0n) is 17.3. The number of aromatic nitrogens is 4. The molecule has 0 bridgehead atoms. The van der Waals surface area contributed by atoms with Crippen molar-refractivity contribution in [2.24, 2.45) is 0 Å². The van der Waals surface area contributed by atoms with Gasteiger partial charge in [0.25, 0.3) is 5.56 Å². The number of piperazine rings is 1. The number of nitrogens with one attached hydrogen (secondary N) is 2. The van der Waals surface area contributed by atoms with Crippen molar-refractivity contribution in [2.75, 3.05) is 43.4 Å². The normalized spacial score (nSPS) is 15.1. The topological polar surface area (TPSA) is 103 Å². The van der Waals surface area contributed by atoms with Crippen LogP contribution in [0.1, 0.15) is 11.3 Å². The fourth-order valence-electron chi connectivity index (χ4n) is 3.94. The lowest BCUT2D eigenvalue weighted by atomic mass is 10.1. The number of aromatic amines is 1. The lowest BCUT2D eigenvalue weighted by Gasteiger charge is -2.36. The minimum atomic E-state index is -0.412. The highest BCUT2D eigenvalue weighted by Gasteiger charge is 2.21. The smallest absolute Gasteiger partial charge is 0.269 e. The molecule has 0 amide bonds. The summed E-state index contributed by atoms with van der Waals surface area (Å²) in [7, 11) is 1.78. The SMILES string of the molecule is CNc1noc2cc(N3CCN(Cc4ccc5nc(C)c(=O)[nH]c5c4F)CC3)cnc12. The standard InChI is InChI=1S/C21H22FN7O2/c1-12-21(30)26-18-15(25-12)4-3-13(17(18)22)11-28-5-7-29(8-6-28)14-9-16-19(24-10-14)20(23-2)27-31-16/h3-4,9-10H,5-8,11H2,1-2H3,(H,23,27)(H,26,30). The fourth-order valence-corrected chi connectivity index (χ4v) is 3.94. The number of aryl methyl sites for hydroxylation is 1. The summed E-state index contributed by atoms with van der Waals surface area (Å²) in [5.74, 6) is 0.209. The van der Waals surface area contributed by atoms with Gasteiger partial charge in [-0.05, 0) is 13.0 Å². The van der Waals surface area contributed by atoms with Crippen LogP contribution in [0.2, 0.25) is 0 Å². The van der Waals surface area contributed by atoms with Gasteiger partial charge in [-0.1, -0.05) is 11.2 Å². The van der Waals surface area contributed by atoms with E-state index in [1.807, 2.05) is 12.3 Å². The molecule has 0 unspecified atom stereocenters. The van der Waals surface area contributed by atoms with Gasteiger partial charge in [-0.2, -0.15) is 0 Å². The zero-order valence-corrected chi connectivity index (χ0v) is 17.3. The number of rotatable bonds is 4. The molecule has 0 saturated carbocycles. The molecule has 10 heteroatoms. The number of pyridine rings is 1. The van der Waals surface area contributed by atoms with E-state index in [0.717, 1.165) is 31.9 Å². The molecule has 5 rings (SSSR count). The third-order valence-corrected chi connectivity index (χ3v) is 5.72. The molecule has 1 aliphatic heterocycles. The highest BCUT2D eigenvalue weighted by Crippen LogP contribution is 2.26. The number of fused-ring (bicyclic) bond motifs is 2. The molecule has 0 atom stereocenters. The summed E-state index contributed by atoms with van der Waals surface area (Å²) in [6.07, 6.45) is 1.82. The van der Waals surface area contributed by atoms with Crippen LogP contribution in [-0.2, 0) is 6.54 Å². The number of hydrogen-bond acceptors (Lipinski definition) is 8. The Morgan fingerprint density at radius 3 is 2.84 bits per heavy atom. The molecule has 4 heterocycles. The van der Waals surface area contributed by atoms with Crippen molar-refractivity contribution in [1.29, 1.82) is 0 Å². The summed E-state index contributed by atoms with van der Waals surface area (Å²) in [6.45, 7) is 5.20. The molecule has 1 aliphatic rings. The van der Waals surface area contributed by atoms with Gasteiger partial charge in [-0.3, -0.25) is 9.69 Å². The second kappa shape index (κ2) is 7.62. The minimum absolute atomic E-state index is 0.166. The Kier molecular flexibility index (Phi) is 4.78. The van der Waals surface area contributed by atoms with E-state index < -0.39 is 5.82 Å². The second-order valence-corrected chi connectivity index (χ2v) is 7.67. The summed E-state index contributed by atoms with van der Waals surface area (Å²) < 4.78 is 20.3. The van der Waals surface area contributed by atoms with Crippen LogP contribution in [0.4, 0.5) is 15.9 Å². The summed E-state index contributed by atoms with van der Waals surface area (Å²) >= 11 is 0. The van der Waals surface area contributed by atoms with Crippen molar-refractivity contribution in [3.05, 3.63) is 51.8 Å². The van der Waals surface area contributed by atoms with Crippen molar-refractivity contribution in [1.82, 2.24) is 25.0 Å². The monoisotopic (exact) mass is 423 g/mol. The van der Waals surface area contributed by atoms with Crippen LogP contribution in [0.15, 0.2) is 33.7 Å². The van der Waals surface area contributed by atoms with Crippen molar-refractivity contribution in [3.63, 3.8) is 0 Å². The highest BCUT2D eigenvalue weighted by molar-refractivity contribution is 5.85. The third-order valence-electron chi connectivity index (χ3n) is 5.72. The minimum Gasteiger partial charge on any atom is -0.369 e. The van der Waals surface area contributed by atoms with Crippen molar-refractivity contribution in [2.45, 2.75) is 13.5 Å². The Balaban J connectivity index is 1.29. The van der Waals surface area contributed by atoms with Gasteiger partial charge in [-0.15, -0.1) is 0 Å². The molecule has 1 fully saturated rings. The molecule has 0 spiro atoms. The van der Waals surface area contributed by atoms with E-state index in [-0.39, 0.29) is 11.1 Å². The first-order valence-electron chi connectivity index (χ1n) is 10.1. The average molecular weight is 423 g/mol. The van der Waals surface area contributed by atoms with Gasteiger partial charge in [-0.25, -0.2) is 14.4 Å². The molecule has 9 nitrogen and oxygen atoms in total. The first-order chi connectivity index (χ1) is 15.0. The van der Waals surface area contributed by atoms with E-state index in [1.54, 1.807) is 26.1 Å². The van der Waals surface area contributed by atoms with Gasteiger partial charge in [0.1, 0.15) is 11.2 Å². The first kappa shape index (κ1) is 19.4. The Morgan fingerprint density at radius 1 is 1.26 bits per heavy atom. The van der Waals surface area contributed by atoms with Gasteiger partial charge in [0.05, 0.1) is 17.4 Å². The van der Waals surface area contributed by atoms with E-state index >= 15 is 0 Å². The van der Waals surface area contributed by atoms with Crippen LogP contribution in [0.3, 0.4) is 0 Å². The van der Waals surface area contributed by atoms with E-state index in [4.69, 9.17) is 4.52 Å². The molecule has 1 aromatic carbocycles. The zero-order chi connectivity index (χ0) is 21.5. The molecule has 2 N–H and O–H groups in total. The predicted molar refractivity (Wildman–Crippen MR) is 116 cm³/mol. The molecule has 1 saturated heterocycles. The van der Waals surface area contributed by atoms with E-state index in [9.17, 15) is 9.18 Å². The first-order valence-corrected chi connectivity index (χ1v) is 10.1. The quantitative estimate of drug-likeness (QED) is 0.515. The Morgan fingerprint density at radius 2 is 2.06 bits per heavy atom. The molecule has 31 heavy (non-hydrogen) atoms. The number of halogens is 1. The van der Waals surface area contributed by atoms with E-state index in [2.05, 4.69) is 35.2 Å². The summed E-state index contributed by atoms with van der Waals surface area (Å²) in [6, 6.07) is 5.45. The van der Waals surface area contributed by atoms with Gasteiger partial charge in [0.15, 0.2) is 22.7 Å². The van der Waals surface area contributed by atoms with Gasteiger partial charge in [0, 0.05) is 51.4 Å². The van der Waals surface area contributed by atoms with Crippen LogP contribution < -0.4 is 15.8 Å². The van der Waals surface area contributed by atoms with Gasteiger partial charge < -0.3 is 19.7 Å². The predicted octanol–water partition coefficient (Wildman–Crippen LogP) is 2.27. The second-order valence-electron chi connectivity index (χ2n) is 7.67. The molecule has 0 radical (unpaired) electrons. The van der Waals surface area contributed by atoms with Crippen molar-refractivity contribution < 1.29 is 8.91 Å². The number of benzene rings is 1. The Bertz CT molecular complexity index is 1320. The van der Waals surface area contributed by atoms with Gasteiger partial charge in [0.2, 0.25) is 0 Å². The summed E-state index contributed by atoms with van der Waals surface area (Å²) in [5, 5.41) is 6.92. The average Bonchev–Trinajstić information content (AvgIpc) is 3.20. The lowest BCUT2D eigenvalue weighted by Crippen LogP contribution is -2.46. The number of nitrogens with zero attached hydrogens (tertiary/aromatic N) is 5. The molecular weight excluding hydrogens is 401 g/mol. The maximum Gasteiger partial charge on any atom is 0.269 e. The molecule has 160 valence electrons. The molecule has 3 aromatic heterocycles. The molecular formula is C21H22FN7O2.